The molecule has 124 valence electrons. The highest BCUT2D eigenvalue weighted by molar-refractivity contribution is 14.1. The molecule has 3 heterocycles. The molecule has 4 N–H and O–H groups in total. The summed E-state index contributed by atoms with van der Waals surface area (Å²) in [4.78, 5) is 8.45. The van der Waals surface area contributed by atoms with Gasteiger partial charge in [-0.1, -0.05) is 0 Å². The quantitative estimate of drug-likeness (QED) is 0.685. The van der Waals surface area contributed by atoms with Gasteiger partial charge in [-0.15, -0.1) is 0 Å². The van der Waals surface area contributed by atoms with Crippen LogP contribution in [-0.4, -0.2) is 44.3 Å². The highest BCUT2D eigenvalue weighted by atomic mass is 127. The second-order valence-electron chi connectivity index (χ2n) is 6.56. The standard InChI is InChI=1S/C14H19IN6O2/c1-14(2)22-9-6(4-16)3-7(10(9)23-14)21-13-8(11(15)20-21)12(17)18-5-19-13/h5-7,9-10H,3-4,16H2,1-2H3,(H2,17,18,19). The Kier molecular flexibility index (Phi) is 3.52. The largest absolute Gasteiger partial charge is 0.383 e. The zero-order chi connectivity index (χ0) is 16.4. The number of nitrogens with two attached hydrogens (primary N) is 2. The molecule has 0 bridgehead atoms. The Hall–Kier alpha value is -1.04. The summed E-state index contributed by atoms with van der Waals surface area (Å²) in [5.41, 5.74) is 12.7. The van der Waals surface area contributed by atoms with Gasteiger partial charge in [0.1, 0.15) is 21.9 Å². The molecule has 4 unspecified atom stereocenters. The second-order valence-corrected chi connectivity index (χ2v) is 7.58. The lowest BCUT2D eigenvalue weighted by atomic mass is 10.1. The summed E-state index contributed by atoms with van der Waals surface area (Å²) < 4.78 is 14.9. The van der Waals surface area contributed by atoms with Crippen molar-refractivity contribution in [2.75, 3.05) is 12.3 Å². The van der Waals surface area contributed by atoms with E-state index in [0.29, 0.717) is 12.4 Å². The van der Waals surface area contributed by atoms with E-state index in [1.807, 2.05) is 18.5 Å². The zero-order valence-corrected chi connectivity index (χ0v) is 15.1. The molecule has 2 fully saturated rings. The fourth-order valence-corrected chi connectivity index (χ4v) is 4.46. The Balaban J connectivity index is 1.81. The van der Waals surface area contributed by atoms with Gasteiger partial charge in [-0.3, -0.25) is 0 Å². The maximum Gasteiger partial charge on any atom is 0.164 e. The second kappa shape index (κ2) is 5.23. The van der Waals surface area contributed by atoms with E-state index < -0.39 is 5.79 Å². The minimum atomic E-state index is -0.606. The lowest BCUT2D eigenvalue weighted by Gasteiger charge is -2.23. The molecule has 0 amide bonds. The first kappa shape index (κ1) is 15.5. The fraction of sp³-hybridized carbons (Fsp3) is 0.643. The lowest BCUT2D eigenvalue weighted by Crippen LogP contribution is -2.29. The van der Waals surface area contributed by atoms with Gasteiger partial charge in [0, 0.05) is 5.92 Å². The van der Waals surface area contributed by atoms with Crippen molar-refractivity contribution >= 4 is 39.4 Å². The molecule has 0 radical (unpaired) electrons. The van der Waals surface area contributed by atoms with E-state index in [9.17, 15) is 0 Å². The molecule has 1 aliphatic heterocycles. The van der Waals surface area contributed by atoms with Crippen molar-refractivity contribution in [2.45, 2.75) is 44.3 Å². The van der Waals surface area contributed by atoms with Crippen molar-refractivity contribution in [3.8, 4) is 0 Å². The highest BCUT2D eigenvalue weighted by Crippen LogP contribution is 2.47. The van der Waals surface area contributed by atoms with Crippen molar-refractivity contribution in [1.29, 1.82) is 0 Å². The first-order valence-electron chi connectivity index (χ1n) is 7.61. The number of nitrogen functional groups attached to an aromatic ring is 1. The van der Waals surface area contributed by atoms with Crippen molar-refractivity contribution in [2.24, 2.45) is 11.7 Å². The summed E-state index contributed by atoms with van der Waals surface area (Å²) in [5.74, 6) is 0.0771. The third kappa shape index (κ3) is 2.32. The predicted octanol–water partition coefficient (Wildman–Crippen LogP) is 1.05. The van der Waals surface area contributed by atoms with Gasteiger partial charge in [-0.05, 0) is 49.4 Å². The van der Waals surface area contributed by atoms with Crippen LogP contribution in [0.1, 0.15) is 26.3 Å². The Bertz CT molecular complexity index is 763. The van der Waals surface area contributed by atoms with E-state index in [1.165, 1.54) is 6.33 Å². The molecule has 9 heteroatoms. The molecular formula is C14H19IN6O2. The van der Waals surface area contributed by atoms with E-state index >= 15 is 0 Å². The summed E-state index contributed by atoms with van der Waals surface area (Å²) in [6.45, 7) is 4.42. The first-order chi connectivity index (χ1) is 10.9. The number of hydrogen-bond donors (Lipinski definition) is 2. The number of nitrogens with zero attached hydrogens (tertiary/aromatic N) is 4. The molecule has 2 aromatic rings. The third-order valence-electron chi connectivity index (χ3n) is 4.64. The summed E-state index contributed by atoms with van der Waals surface area (Å²) in [6, 6.07) is 0.0237. The van der Waals surface area contributed by atoms with Gasteiger partial charge in [-0.2, -0.15) is 5.10 Å². The van der Waals surface area contributed by atoms with Crippen LogP contribution >= 0.6 is 22.6 Å². The Labute approximate surface area is 147 Å². The highest BCUT2D eigenvalue weighted by Gasteiger charge is 2.54. The average molecular weight is 430 g/mol. The maximum atomic E-state index is 6.14. The molecule has 1 saturated heterocycles. The number of ether oxygens (including phenoxy) is 2. The number of anilines is 1. The molecular weight excluding hydrogens is 411 g/mol. The van der Waals surface area contributed by atoms with Crippen LogP contribution < -0.4 is 11.5 Å². The van der Waals surface area contributed by atoms with Crippen molar-refractivity contribution in [3.05, 3.63) is 10.0 Å². The molecule has 4 rings (SSSR count). The van der Waals surface area contributed by atoms with Gasteiger partial charge in [0.05, 0.1) is 17.5 Å². The number of rotatable bonds is 2. The van der Waals surface area contributed by atoms with E-state index in [4.69, 9.17) is 20.9 Å². The average Bonchev–Trinajstić information content (AvgIpc) is 3.08. The van der Waals surface area contributed by atoms with Gasteiger partial charge in [-0.25, -0.2) is 14.6 Å². The minimum absolute atomic E-state index is 0.0175. The maximum absolute atomic E-state index is 6.14. The molecule has 1 aliphatic carbocycles. The molecule has 4 atom stereocenters. The molecule has 2 aliphatic rings. The van der Waals surface area contributed by atoms with Gasteiger partial charge >= 0.3 is 0 Å². The predicted molar refractivity (Wildman–Crippen MR) is 92.5 cm³/mol. The molecule has 23 heavy (non-hydrogen) atoms. The van der Waals surface area contributed by atoms with Gasteiger partial charge in [0.15, 0.2) is 11.4 Å². The molecule has 0 aromatic carbocycles. The number of hydrogen-bond acceptors (Lipinski definition) is 7. The Morgan fingerprint density at radius 1 is 1.35 bits per heavy atom. The van der Waals surface area contributed by atoms with Crippen LogP contribution in [0.25, 0.3) is 11.0 Å². The van der Waals surface area contributed by atoms with Gasteiger partial charge in [0.25, 0.3) is 0 Å². The summed E-state index contributed by atoms with van der Waals surface area (Å²) in [6.07, 6.45) is 2.21. The Morgan fingerprint density at radius 2 is 2.09 bits per heavy atom. The van der Waals surface area contributed by atoms with Crippen LogP contribution in [0.2, 0.25) is 0 Å². The molecule has 1 saturated carbocycles. The zero-order valence-electron chi connectivity index (χ0n) is 12.9. The van der Waals surface area contributed by atoms with E-state index in [-0.39, 0.29) is 24.2 Å². The third-order valence-corrected chi connectivity index (χ3v) is 5.40. The number of aromatic nitrogens is 4. The molecule has 0 spiro atoms. The normalized spacial score (nSPS) is 32.5. The van der Waals surface area contributed by atoms with Crippen LogP contribution in [0, 0.1) is 9.62 Å². The van der Waals surface area contributed by atoms with E-state index in [0.717, 1.165) is 21.2 Å². The van der Waals surface area contributed by atoms with E-state index in [1.54, 1.807) is 0 Å². The summed E-state index contributed by atoms with van der Waals surface area (Å²) >= 11 is 2.16. The van der Waals surface area contributed by atoms with Crippen LogP contribution in [-0.2, 0) is 9.47 Å². The van der Waals surface area contributed by atoms with Crippen LogP contribution in [0.3, 0.4) is 0 Å². The number of fused-ring (bicyclic) bond motifs is 2. The Morgan fingerprint density at radius 3 is 2.83 bits per heavy atom. The lowest BCUT2D eigenvalue weighted by molar-refractivity contribution is -0.160. The van der Waals surface area contributed by atoms with Crippen molar-refractivity contribution in [1.82, 2.24) is 19.7 Å². The summed E-state index contributed by atoms with van der Waals surface area (Å²) in [7, 11) is 0. The van der Waals surface area contributed by atoms with Crippen molar-refractivity contribution in [3.63, 3.8) is 0 Å². The van der Waals surface area contributed by atoms with Crippen LogP contribution in [0.5, 0.6) is 0 Å². The van der Waals surface area contributed by atoms with Crippen molar-refractivity contribution < 1.29 is 9.47 Å². The number of halogens is 1. The molecule has 8 nitrogen and oxygen atoms in total. The SMILES string of the molecule is CC1(C)OC2C(CN)CC(n3nc(I)c4c(N)ncnc43)C2O1. The smallest absolute Gasteiger partial charge is 0.164 e. The summed E-state index contributed by atoms with van der Waals surface area (Å²) in [5, 5.41) is 5.44. The van der Waals surface area contributed by atoms with Gasteiger partial charge in [0.2, 0.25) is 0 Å². The fourth-order valence-electron chi connectivity index (χ4n) is 3.71. The minimum Gasteiger partial charge on any atom is -0.383 e. The monoisotopic (exact) mass is 430 g/mol. The van der Waals surface area contributed by atoms with E-state index in [2.05, 4.69) is 37.7 Å². The van der Waals surface area contributed by atoms with Gasteiger partial charge < -0.3 is 20.9 Å². The molecule has 2 aromatic heterocycles. The van der Waals surface area contributed by atoms with Crippen LogP contribution in [0.4, 0.5) is 5.82 Å². The first-order valence-corrected chi connectivity index (χ1v) is 8.69. The van der Waals surface area contributed by atoms with Crippen LogP contribution in [0.15, 0.2) is 6.33 Å². The topological polar surface area (TPSA) is 114 Å².